The fourth-order valence-corrected chi connectivity index (χ4v) is 4.69. The molecule has 0 aromatic carbocycles. The third-order valence-corrected chi connectivity index (χ3v) is 6.72. The number of aromatic nitrogens is 2. The summed E-state index contributed by atoms with van der Waals surface area (Å²) < 4.78 is 4.60. The molecule has 2 aromatic heterocycles. The number of rotatable bonds is 7. The standard InChI is InChI=1S/C24H34N4O2/c1-15-13-21(17(3)27(15)19-7-8-19)23(29)25(5)11-12-26(6)24(30)22-14-16(2)28(18(22)4)20-9-10-20/h13-14,19-20H,7-12H2,1-6H3. The lowest BCUT2D eigenvalue weighted by atomic mass is 10.2. The van der Waals surface area contributed by atoms with E-state index < -0.39 is 0 Å². The van der Waals surface area contributed by atoms with E-state index in [4.69, 9.17) is 0 Å². The quantitative estimate of drug-likeness (QED) is 0.692. The Morgan fingerprint density at radius 3 is 1.40 bits per heavy atom. The van der Waals surface area contributed by atoms with Crippen molar-refractivity contribution in [3.8, 4) is 0 Å². The zero-order valence-electron chi connectivity index (χ0n) is 19.2. The molecule has 0 saturated heterocycles. The number of hydrogen-bond donors (Lipinski definition) is 0. The summed E-state index contributed by atoms with van der Waals surface area (Å²) in [5, 5.41) is 0. The van der Waals surface area contributed by atoms with Gasteiger partial charge in [-0.3, -0.25) is 9.59 Å². The fourth-order valence-electron chi connectivity index (χ4n) is 4.69. The second-order valence-electron chi connectivity index (χ2n) is 9.23. The van der Waals surface area contributed by atoms with E-state index >= 15 is 0 Å². The van der Waals surface area contributed by atoms with Crippen molar-refractivity contribution in [2.75, 3.05) is 27.2 Å². The summed E-state index contributed by atoms with van der Waals surface area (Å²) in [5.74, 6) is 0.0607. The normalized spacial score (nSPS) is 16.1. The van der Waals surface area contributed by atoms with Gasteiger partial charge in [-0.15, -0.1) is 0 Å². The monoisotopic (exact) mass is 410 g/mol. The molecule has 2 aromatic rings. The van der Waals surface area contributed by atoms with Gasteiger partial charge >= 0.3 is 0 Å². The van der Waals surface area contributed by atoms with Gasteiger partial charge in [0, 0.05) is 62.0 Å². The van der Waals surface area contributed by atoms with E-state index in [0.29, 0.717) is 25.2 Å². The summed E-state index contributed by atoms with van der Waals surface area (Å²) in [6, 6.07) is 5.15. The number of amides is 2. The minimum atomic E-state index is 0.0303. The fraction of sp³-hybridized carbons (Fsp3) is 0.583. The van der Waals surface area contributed by atoms with Gasteiger partial charge in [-0.05, 0) is 65.5 Å². The van der Waals surface area contributed by atoms with Crippen LogP contribution in [0, 0.1) is 27.7 Å². The zero-order valence-corrected chi connectivity index (χ0v) is 19.2. The number of carbonyl (C=O) groups excluding carboxylic acids is 2. The molecular formula is C24H34N4O2. The van der Waals surface area contributed by atoms with Crippen LogP contribution in [0.5, 0.6) is 0 Å². The minimum Gasteiger partial charge on any atom is -0.345 e. The topological polar surface area (TPSA) is 50.5 Å². The van der Waals surface area contributed by atoms with Gasteiger partial charge in [0.2, 0.25) is 0 Å². The SMILES string of the molecule is Cc1cc(C(=O)N(C)CCN(C)C(=O)c2cc(C)n(C3CC3)c2C)c(C)n1C1CC1. The van der Waals surface area contributed by atoms with Crippen molar-refractivity contribution in [2.45, 2.75) is 65.5 Å². The molecule has 0 bridgehead atoms. The molecule has 6 heteroatoms. The highest BCUT2D eigenvalue weighted by molar-refractivity contribution is 5.96. The van der Waals surface area contributed by atoms with Gasteiger partial charge in [-0.2, -0.15) is 0 Å². The number of aryl methyl sites for hydroxylation is 2. The average molecular weight is 411 g/mol. The number of carbonyl (C=O) groups is 2. The van der Waals surface area contributed by atoms with Crippen LogP contribution >= 0.6 is 0 Å². The highest BCUT2D eigenvalue weighted by Gasteiger charge is 2.30. The highest BCUT2D eigenvalue weighted by Crippen LogP contribution is 2.39. The molecule has 2 amide bonds. The molecule has 6 nitrogen and oxygen atoms in total. The zero-order chi connectivity index (χ0) is 21.7. The number of nitrogens with zero attached hydrogens (tertiary/aromatic N) is 4. The second-order valence-corrected chi connectivity index (χ2v) is 9.23. The summed E-state index contributed by atoms with van der Waals surface area (Å²) >= 11 is 0. The van der Waals surface area contributed by atoms with Gasteiger partial charge in [-0.25, -0.2) is 0 Å². The maximum atomic E-state index is 13.0. The van der Waals surface area contributed by atoms with E-state index in [9.17, 15) is 9.59 Å². The van der Waals surface area contributed by atoms with E-state index in [1.54, 1.807) is 9.80 Å². The Kier molecular flexibility index (Phi) is 5.28. The van der Waals surface area contributed by atoms with Crippen molar-refractivity contribution in [2.24, 2.45) is 0 Å². The van der Waals surface area contributed by atoms with Gasteiger partial charge in [-0.1, -0.05) is 0 Å². The van der Waals surface area contributed by atoms with Crippen LogP contribution in [-0.2, 0) is 0 Å². The summed E-state index contributed by atoms with van der Waals surface area (Å²) in [5.41, 5.74) is 6.00. The summed E-state index contributed by atoms with van der Waals surface area (Å²) in [6.45, 7) is 9.25. The maximum absolute atomic E-state index is 13.0. The molecule has 30 heavy (non-hydrogen) atoms. The maximum Gasteiger partial charge on any atom is 0.255 e. The molecule has 0 aliphatic heterocycles. The van der Waals surface area contributed by atoms with Gasteiger partial charge in [0.1, 0.15) is 0 Å². The molecule has 2 heterocycles. The molecule has 2 fully saturated rings. The lowest BCUT2D eigenvalue weighted by molar-refractivity contribution is 0.0717. The first-order valence-electron chi connectivity index (χ1n) is 11.1. The summed E-state index contributed by atoms with van der Waals surface area (Å²) in [6.07, 6.45) is 4.81. The van der Waals surface area contributed by atoms with Crippen molar-refractivity contribution < 1.29 is 9.59 Å². The Balaban J connectivity index is 1.39. The molecule has 162 valence electrons. The van der Waals surface area contributed by atoms with Crippen LogP contribution in [0.3, 0.4) is 0 Å². The molecule has 0 radical (unpaired) electrons. The first-order valence-corrected chi connectivity index (χ1v) is 11.1. The van der Waals surface area contributed by atoms with Crippen LogP contribution in [0.1, 0.15) is 81.3 Å². The van der Waals surface area contributed by atoms with Crippen LogP contribution in [0.15, 0.2) is 12.1 Å². The molecule has 2 saturated carbocycles. The molecule has 0 unspecified atom stereocenters. The van der Waals surface area contributed by atoms with Crippen LogP contribution < -0.4 is 0 Å². The predicted molar refractivity (Wildman–Crippen MR) is 118 cm³/mol. The van der Waals surface area contributed by atoms with Crippen LogP contribution in [-0.4, -0.2) is 57.9 Å². The second kappa shape index (κ2) is 7.64. The number of hydrogen-bond acceptors (Lipinski definition) is 2. The van der Waals surface area contributed by atoms with Crippen molar-refractivity contribution in [3.05, 3.63) is 46.0 Å². The average Bonchev–Trinajstić information content (AvgIpc) is 3.63. The largest absolute Gasteiger partial charge is 0.345 e. The van der Waals surface area contributed by atoms with Crippen molar-refractivity contribution in [3.63, 3.8) is 0 Å². The molecule has 2 aliphatic rings. The summed E-state index contributed by atoms with van der Waals surface area (Å²) in [7, 11) is 3.64. The van der Waals surface area contributed by atoms with E-state index in [0.717, 1.165) is 33.9 Å². The van der Waals surface area contributed by atoms with E-state index in [1.807, 2.05) is 40.1 Å². The highest BCUT2D eigenvalue weighted by atomic mass is 16.2. The lowest BCUT2D eigenvalue weighted by Crippen LogP contribution is -2.37. The van der Waals surface area contributed by atoms with Gasteiger partial charge in [0.25, 0.3) is 11.8 Å². The first kappa shape index (κ1) is 20.8. The van der Waals surface area contributed by atoms with Gasteiger partial charge in [0.05, 0.1) is 11.1 Å². The Morgan fingerprint density at radius 2 is 1.10 bits per heavy atom. The van der Waals surface area contributed by atoms with Crippen molar-refractivity contribution in [1.29, 1.82) is 0 Å². The van der Waals surface area contributed by atoms with E-state index in [-0.39, 0.29) is 11.8 Å². The van der Waals surface area contributed by atoms with Crippen molar-refractivity contribution in [1.82, 2.24) is 18.9 Å². The lowest BCUT2D eigenvalue weighted by Gasteiger charge is -2.23. The third-order valence-electron chi connectivity index (χ3n) is 6.72. The third kappa shape index (κ3) is 3.68. The molecular weight excluding hydrogens is 376 g/mol. The van der Waals surface area contributed by atoms with E-state index in [2.05, 4.69) is 23.0 Å². The Labute approximate surface area is 179 Å². The predicted octanol–water partition coefficient (Wildman–Crippen LogP) is 4.04. The van der Waals surface area contributed by atoms with Gasteiger partial charge < -0.3 is 18.9 Å². The first-order chi connectivity index (χ1) is 14.2. The Bertz CT molecular complexity index is 911. The van der Waals surface area contributed by atoms with Crippen LogP contribution in [0.25, 0.3) is 0 Å². The Morgan fingerprint density at radius 1 is 0.767 bits per heavy atom. The minimum absolute atomic E-state index is 0.0303. The van der Waals surface area contributed by atoms with E-state index in [1.165, 1.54) is 25.7 Å². The van der Waals surface area contributed by atoms with Crippen LogP contribution in [0.2, 0.25) is 0 Å². The smallest absolute Gasteiger partial charge is 0.255 e. The van der Waals surface area contributed by atoms with Crippen molar-refractivity contribution >= 4 is 11.8 Å². The molecule has 2 aliphatic carbocycles. The molecule has 0 N–H and O–H groups in total. The molecule has 4 rings (SSSR count). The van der Waals surface area contributed by atoms with Gasteiger partial charge in [0.15, 0.2) is 0 Å². The summed E-state index contributed by atoms with van der Waals surface area (Å²) in [4.78, 5) is 29.5. The Hall–Kier alpha value is -2.50. The number of likely N-dealkylation sites (N-methyl/N-ethyl adjacent to an activating group) is 2. The van der Waals surface area contributed by atoms with Crippen LogP contribution in [0.4, 0.5) is 0 Å². The molecule has 0 atom stereocenters. The molecule has 0 spiro atoms.